The lowest BCUT2D eigenvalue weighted by atomic mass is 10.3. The summed E-state index contributed by atoms with van der Waals surface area (Å²) in [5, 5.41) is 3.07. The van der Waals surface area contributed by atoms with Crippen LogP contribution in [0.5, 0.6) is 5.75 Å². The highest BCUT2D eigenvalue weighted by Gasteiger charge is 1.96. The van der Waals surface area contributed by atoms with E-state index in [0.29, 0.717) is 6.61 Å². The number of aromatic nitrogens is 1. The number of hydrogen-bond acceptors (Lipinski definition) is 3. The third-order valence-electron chi connectivity index (χ3n) is 2.50. The Morgan fingerprint density at radius 1 is 1.12 bits per heavy atom. The van der Waals surface area contributed by atoms with Crippen LogP contribution in [-0.2, 0) is 6.42 Å². The number of nitrogens with one attached hydrogen (secondary N) is 1. The molecule has 3 heteroatoms. The molecule has 1 N–H and O–H groups in total. The van der Waals surface area contributed by atoms with Crippen molar-refractivity contribution in [3.05, 3.63) is 54.4 Å². The van der Waals surface area contributed by atoms with Gasteiger partial charge in [0.2, 0.25) is 0 Å². The normalized spacial score (nSPS) is 9.94. The number of ether oxygens (including phenoxy) is 1. The maximum Gasteiger partial charge on any atom is 0.119 e. The molecule has 2 aromatic rings. The van der Waals surface area contributed by atoms with Crippen molar-refractivity contribution in [2.45, 2.75) is 6.42 Å². The molecule has 1 heterocycles. The van der Waals surface area contributed by atoms with E-state index in [1.165, 1.54) is 0 Å². The first-order valence-corrected chi connectivity index (χ1v) is 5.69. The van der Waals surface area contributed by atoms with Crippen LogP contribution < -0.4 is 10.1 Å². The Balaban J connectivity index is 1.82. The molecule has 0 saturated carbocycles. The standard InChI is InChI=1S/C14H16N2O/c1-15-12-5-7-14(8-6-12)17-11-9-13-4-2-3-10-16-13/h2-8,10,15H,9,11H2,1H3. The summed E-state index contributed by atoms with van der Waals surface area (Å²) in [7, 11) is 1.90. The predicted octanol–water partition coefficient (Wildman–Crippen LogP) is 2.74. The van der Waals surface area contributed by atoms with Gasteiger partial charge in [-0.3, -0.25) is 4.98 Å². The Hall–Kier alpha value is -2.03. The molecule has 2 rings (SSSR count). The van der Waals surface area contributed by atoms with Gasteiger partial charge in [0.15, 0.2) is 0 Å². The molecule has 1 aromatic heterocycles. The van der Waals surface area contributed by atoms with Crippen LogP contribution in [0.15, 0.2) is 48.7 Å². The highest BCUT2D eigenvalue weighted by atomic mass is 16.5. The highest BCUT2D eigenvalue weighted by molar-refractivity contribution is 5.45. The van der Waals surface area contributed by atoms with Crippen LogP contribution in [0.1, 0.15) is 5.69 Å². The van der Waals surface area contributed by atoms with Gasteiger partial charge >= 0.3 is 0 Å². The maximum absolute atomic E-state index is 5.64. The van der Waals surface area contributed by atoms with Crippen molar-refractivity contribution in [3.63, 3.8) is 0 Å². The monoisotopic (exact) mass is 228 g/mol. The van der Waals surface area contributed by atoms with Gasteiger partial charge in [-0.1, -0.05) is 6.07 Å². The fourth-order valence-corrected chi connectivity index (χ4v) is 1.54. The second-order valence-electron chi connectivity index (χ2n) is 3.69. The van der Waals surface area contributed by atoms with E-state index in [1.807, 2.05) is 49.5 Å². The molecule has 3 nitrogen and oxygen atoms in total. The van der Waals surface area contributed by atoms with Crippen LogP contribution >= 0.6 is 0 Å². The molecular weight excluding hydrogens is 212 g/mol. The summed E-state index contributed by atoms with van der Waals surface area (Å²) in [6.07, 6.45) is 2.63. The molecule has 0 unspecified atom stereocenters. The largest absolute Gasteiger partial charge is 0.493 e. The molecule has 0 aliphatic heterocycles. The van der Waals surface area contributed by atoms with Crippen molar-refractivity contribution < 1.29 is 4.74 Å². The Labute approximate surface area is 101 Å². The van der Waals surface area contributed by atoms with Crippen LogP contribution in [0.25, 0.3) is 0 Å². The van der Waals surface area contributed by atoms with E-state index in [9.17, 15) is 0 Å². The molecule has 0 fully saturated rings. The number of anilines is 1. The minimum atomic E-state index is 0.649. The van der Waals surface area contributed by atoms with Crippen LogP contribution in [0.4, 0.5) is 5.69 Å². The van der Waals surface area contributed by atoms with Gasteiger partial charge in [0.25, 0.3) is 0 Å². The summed E-state index contributed by atoms with van der Waals surface area (Å²) in [6, 6.07) is 13.8. The van der Waals surface area contributed by atoms with E-state index >= 15 is 0 Å². The molecule has 88 valence electrons. The van der Waals surface area contributed by atoms with Gasteiger partial charge in [0.1, 0.15) is 5.75 Å². The molecule has 0 aliphatic carbocycles. The molecule has 0 spiro atoms. The average Bonchev–Trinajstić information content (AvgIpc) is 2.41. The van der Waals surface area contributed by atoms with Gasteiger partial charge in [0, 0.05) is 31.0 Å². The van der Waals surface area contributed by atoms with Gasteiger partial charge in [-0.25, -0.2) is 0 Å². The van der Waals surface area contributed by atoms with Crippen molar-refractivity contribution in [1.29, 1.82) is 0 Å². The molecule has 1 aromatic carbocycles. The molecule has 0 amide bonds. The van der Waals surface area contributed by atoms with E-state index in [2.05, 4.69) is 10.3 Å². The van der Waals surface area contributed by atoms with Gasteiger partial charge in [-0.05, 0) is 36.4 Å². The number of nitrogens with zero attached hydrogens (tertiary/aromatic N) is 1. The lowest BCUT2D eigenvalue weighted by molar-refractivity contribution is 0.320. The predicted molar refractivity (Wildman–Crippen MR) is 69.4 cm³/mol. The summed E-state index contributed by atoms with van der Waals surface area (Å²) in [6.45, 7) is 0.649. The van der Waals surface area contributed by atoms with Crippen LogP contribution in [0, 0.1) is 0 Å². The zero-order valence-electron chi connectivity index (χ0n) is 9.89. The summed E-state index contributed by atoms with van der Waals surface area (Å²) < 4.78 is 5.64. The Morgan fingerprint density at radius 2 is 1.94 bits per heavy atom. The number of pyridine rings is 1. The third-order valence-corrected chi connectivity index (χ3v) is 2.50. The van der Waals surface area contributed by atoms with Gasteiger partial charge in [-0.15, -0.1) is 0 Å². The Bertz CT molecular complexity index is 440. The second kappa shape index (κ2) is 5.89. The lowest BCUT2D eigenvalue weighted by Gasteiger charge is -2.06. The van der Waals surface area contributed by atoms with E-state index < -0.39 is 0 Å². The smallest absolute Gasteiger partial charge is 0.119 e. The lowest BCUT2D eigenvalue weighted by Crippen LogP contribution is -2.02. The summed E-state index contributed by atoms with van der Waals surface area (Å²) in [5.41, 5.74) is 2.14. The number of hydrogen-bond donors (Lipinski definition) is 1. The number of benzene rings is 1. The topological polar surface area (TPSA) is 34.1 Å². The zero-order chi connectivity index (χ0) is 11.9. The van der Waals surface area contributed by atoms with Crippen molar-refractivity contribution in [2.75, 3.05) is 19.0 Å². The zero-order valence-corrected chi connectivity index (χ0v) is 9.89. The van der Waals surface area contributed by atoms with Crippen molar-refractivity contribution in [3.8, 4) is 5.75 Å². The van der Waals surface area contributed by atoms with Crippen molar-refractivity contribution in [2.24, 2.45) is 0 Å². The van der Waals surface area contributed by atoms with Gasteiger partial charge in [0.05, 0.1) is 6.61 Å². The molecular formula is C14H16N2O. The first kappa shape index (κ1) is 11.5. The summed E-state index contributed by atoms with van der Waals surface area (Å²) >= 11 is 0. The van der Waals surface area contributed by atoms with Crippen LogP contribution in [0.2, 0.25) is 0 Å². The van der Waals surface area contributed by atoms with Crippen LogP contribution in [0.3, 0.4) is 0 Å². The molecule has 0 saturated heterocycles. The van der Waals surface area contributed by atoms with E-state index in [-0.39, 0.29) is 0 Å². The van der Waals surface area contributed by atoms with Crippen molar-refractivity contribution in [1.82, 2.24) is 4.98 Å². The summed E-state index contributed by atoms with van der Waals surface area (Å²) in [4.78, 5) is 4.25. The molecule has 17 heavy (non-hydrogen) atoms. The van der Waals surface area contributed by atoms with Gasteiger partial charge in [-0.2, -0.15) is 0 Å². The second-order valence-corrected chi connectivity index (χ2v) is 3.69. The molecule has 0 aliphatic rings. The molecule has 0 radical (unpaired) electrons. The third kappa shape index (κ3) is 3.48. The van der Waals surface area contributed by atoms with E-state index in [1.54, 1.807) is 6.20 Å². The summed E-state index contributed by atoms with van der Waals surface area (Å²) in [5.74, 6) is 0.889. The average molecular weight is 228 g/mol. The first-order chi connectivity index (χ1) is 8.38. The SMILES string of the molecule is CNc1ccc(OCCc2ccccn2)cc1. The Morgan fingerprint density at radius 3 is 2.59 bits per heavy atom. The van der Waals surface area contributed by atoms with Crippen LogP contribution in [-0.4, -0.2) is 18.6 Å². The quantitative estimate of drug-likeness (QED) is 0.854. The van der Waals surface area contributed by atoms with E-state index in [0.717, 1.165) is 23.6 Å². The minimum Gasteiger partial charge on any atom is -0.493 e. The first-order valence-electron chi connectivity index (χ1n) is 5.69. The number of rotatable bonds is 5. The Kier molecular flexibility index (Phi) is 3.97. The van der Waals surface area contributed by atoms with E-state index in [4.69, 9.17) is 4.74 Å². The van der Waals surface area contributed by atoms with Crippen molar-refractivity contribution >= 4 is 5.69 Å². The maximum atomic E-state index is 5.64. The molecule has 0 bridgehead atoms. The minimum absolute atomic E-state index is 0.649. The molecule has 0 atom stereocenters. The highest BCUT2D eigenvalue weighted by Crippen LogP contribution is 2.15. The fourth-order valence-electron chi connectivity index (χ4n) is 1.54. The fraction of sp³-hybridized carbons (Fsp3) is 0.214. The van der Waals surface area contributed by atoms with Gasteiger partial charge < -0.3 is 10.1 Å².